The molecule has 0 aliphatic rings. The van der Waals surface area contributed by atoms with Crippen LogP contribution < -0.4 is 15.4 Å². The molecule has 0 radical (unpaired) electrons. The van der Waals surface area contributed by atoms with Gasteiger partial charge in [0.25, 0.3) is 11.8 Å². The molecule has 11 heteroatoms. The van der Waals surface area contributed by atoms with E-state index in [9.17, 15) is 9.59 Å². The smallest absolute Gasteiger partial charge is 0.274 e. The molecule has 32 heavy (non-hydrogen) atoms. The molecule has 0 bridgehead atoms. The molecule has 0 saturated heterocycles. The third-order valence-corrected chi connectivity index (χ3v) is 5.10. The quantitative estimate of drug-likeness (QED) is 0.411. The van der Waals surface area contributed by atoms with Crippen LogP contribution in [0.1, 0.15) is 33.3 Å². The number of hydrogen-bond donors (Lipinski definition) is 3. The van der Waals surface area contributed by atoms with Crippen LogP contribution in [-0.2, 0) is 0 Å². The summed E-state index contributed by atoms with van der Waals surface area (Å²) in [5.74, 6) is -0.372. The first-order valence-corrected chi connectivity index (χ1v) is 10.1. The fourth-order valence-electron chi connectivity index (χ4n) is 3.36. The van der Waals surface area contributed by atoms with E-state index in [0.29, 0.717) is 33.9 Å². The number of carbonyl (C=O) groups is 2. The van der Waals surface area contributed by atoms with Crippen LogP contribution in [0.25, 0.3) is 16.7 Å². The van der Waals surface area contributed by atoms with E-state index in [1.807, 2.05) is 13.0 Å². The second-order valence-electron chi connectivity index (χ2n) is 6.88. The molecule has 3 heterocycles. The lowest BCUT2D eigenvalue weighted by molar-refractivity contribution is 0.0958. The minimum atomic E-state index is -0.518. The lowest BCUT2D eigenvalue weighted by Crippen LogP contribution is -2.26. The van der Waals surface area contributed by atoms with E-state index in [4.69, 9.17) is 16.3 Å². The number of pyridine rings is 1. The Morgan fingerprint density at radius 1 is 1.28 bits per heavy atom. The summed E-state index contributed by atoms with van der Waals surface area (Å²) in [7, 11) is 1.44. The zero-order valence-electron chi connectivity index (χ0n) is 17.6. The van der Waals surface area contributed by atoms with Crippen LogP contribution in [0, 0.1) is 6.92 Å². The Morgan fingerprint density at radius 2 is 2.09 bits per heavy atom. The summed E-state index contributed by atoms with van der Waals surface area (Å²) in [5.41, 5.74) is 2.00. The zero-order chi connectivity index (χ0) is 22.8. The van der Waals surface area contributed by atoms with E-state index in [0.717, 1.165) is 5.39 Å². The summed E-state index contributed by atoms with van der Waals surface area (Å²) in [6.07, 6.45) is 3.17. The Balaban J connectivity index is 1.81. The first kappa shape index (κ1) is 21.3. The minimum absolute atomic E-state index is 0.133. The van der Waals surface area contributed by atoms with Gasteiger partial charge in [-0.1, -0.05) is 11.6 Å². The van der Waals surface area contributed by atoms with Gasteiger partial charge in [-0.3, -0.25) is 14.7 Å². The number of ether oxygens (including phenoxy) is 1. The van der Waals surface area contributed by atoms with Gasteiger partial charge in [0.05, 0.1) is 35.1 Å². The van der Waals surface area contributed by atoms with Crippen molar-refractivity contribution < 1.29 is 14.3 Å². The van der Waals surface area contributed by atoms with Gasteiger partial charge in [-0.15, -0.1) is 5.10 Å². The van der Waals surface area contributed by atoms with E-state index in [2.05, 4.69) is 30.9 Å². The maximum Gasteiger partial charge on any atom is 0.274 e. The third-order valence-electron chi connectivity index (χ3n) is 4.81. The van der Waals surface area contributed by atoms with Crippen LogP contribution >= 0.6 is 11.6 Å². The van der Waals surface area contributed by atoms with Gasteiger partial charge in [-0.25, -0.2) is 9.67 Å². The number of nitrogens with zero attached hydrogens (tertiary/aromatic N) is 4. The lowest BCUT2D eigenvalue weighted by atomic mass is 10.0. The van der Waals surface area contributed by atoms with Gasteiger partial charge in [-0.2, -0.15) is 5.10 Å². The molecule has 0 aliphatic carbocycles. The molecule has 3 aromatic heterocycles. The zero-order valence-corrected chi connectivity index (χ0v) is 18.3. The van der Waals surface area contributed by atoms with Gasteiger partial charge in [-0.05, 0) is 37.6 Å². The number of aromatic nitrogens is 5. The van der Waals surface area contributed by atoms with Gasteiger partial charge >= 0.3 is 0 Å². The highest BCUT2D eigenvalue weighted by Gasteiger charge is 2.24. The van der Waals surface area contributed by atoms with Crippen LogP contribution in [0.2, 0.25) is 5.02 Å². The van der Waals surface area contributed by atoms with E-state index in [1.54, 1.807) is 31.5 Å². The number of anilines is 1. The summed E-state index contributed by atoms with van der Waals surface area (Å²) in [5, 5.41) is 17.8. The molecular formula is C21H20ClN7O3. The van der Waals surface area contributed by atoms with Crippen LogP contribution in [0.3, 0.4) is 0 Å². The van der Waals surface area contributed by atoms with Crippen molar-refractivity contribution in [2.24, 2.45) is 0 Å². The number of fused-ring (bicyclic) bond motifs is 1. The number of hydrogen-bond acceptors (Lipinski definition) is 6. The van der Waals surface area contributed by atoms with Crippen LogP contribution in [0.5, 0.6) is 5.88 Å². The number of amides is 2. The average Bonchev–Trinajstić information content (AvgIpc) is 3.41. The maximum atomic E-state index is 13.4. The fourth-order valence-corrected chi connectivity index (χ4v) is 3.56. The highest BCUT2D eigenvalue weighted by Crippen LogP contribution is 2.30. The number of carbonyl (C=O) groups excluding carboxylic acids is 2. The SMILES string of the molecule is CCNC(=O)c1c(NC(=O)c2cc(OC)nn2-c2ncccc2Cl)c(C)cc2cn[nH]c12. The van der Waals surface area contributed by atoms with Crippen molar-refractivity contribution in [3.63, 3.8) is 0 Å². The Bertz CT molecular complexity index is 1330. The van der Waals surface area contributed by atoms with Crippen molar-refractivity contribution >= 4 is 40.0 Å². The van der Waals surface area contributed by atoms with Crippen molar-refractivity contribution in [3.8, 4) is 11.7 Å². The molecule has 2 amide bonds. The Morgan fingerprint density at radius 3 is 2.81 bits per heavy atom. The fraction of sp³-hybridized carbons (Fsp3) is 0.190. The lowest BCUT2D eigenvalue weighted by Gasteiger charge is -2.15. The van der Waals surface area contributed by atoms with E-state index >= 15 is 0 Å². The summed E-state index contributed by atoms with van der Waals surface area (Å²) >= 11 is 6.27. The Labute approximate surface area is 187 Å². The van der Waals surface area contributed by atoms with Crippen LogP contribution in [-0.4, -0.2) is 50.4 Å². The Kier molecular flexibility index (Phi) is 5.78. The first-order chi connectivity index (χ1) is 15.4. The standard InChI is InChI=1S/C21H20ClN7O3/c1-4-23-21(31)16-17(11(2)8-12-10-25-27-18(12)16)26-20(30)14-9-15(32-3)28-29(14)19-13(22)6-5-7-24-19/h5-10H,4H2,1-3H3,(H,23,31)(H,25,27)(H,26,30). The van der Waals surface area contributed by atoms with Crippen LogP contribution in [0.4, 0.5) is 5.69 Å². The number of nitrogens with one attached hydrogen (secondary N) is 3. The normalized spacial score (nSPS) is 10.9. The maximum absolute atomic E-state index is 13.4. The van der Waals surface area contributed by atoms with Crippen LogP contribution in [0.15, 0.2) is 36.7 Å². The molecule has 0 saturated carbocycles. The summed E-state index contributed by atoms with van der Waals surface area (Å²) < 4.78 is 6.50. The molecule has 0 unspecified atom stereocenters. The molecule has 0 spiro atoms. The first-order valence-electron chi connectivity index (χ1n) is 9.75. The average molecular weight is 454 g/mol. The van der Waals surface area contributed by atoms with Crippen molar-refractivity contribution in [2.45, 2.75) is 13.8 Å². The minimum Gasteiger partial charge on any atom is -0.480 e. The number of rotatable bonds is 6. The summed E-state index contributed by atoms with van der Waals surface area (Å²) in [6, 6.07) is 6.62. The number of halogens is 1. The highest BCUT2D eigenvalue weighted by atomic mass is 35.5. The molecule has 1 aromatic carbocycles. The molecule has 0 atom stereocenters. The molecular weight excluding hydrogens is 434 g/mol. The summed E-state index contributed by atoms with van der Waals surface area (Å²) in [6.45, 7) is 4.05. The molecule has 0 aliphatic heterocycles. The number of benzene rings is 1. The largest absolute Gasteiger partial charge is 0.480 e. The highest BCUT2D eigenvalue weighted by molar-refractivity contribution is 6.32. The number of H-pyrrole nitrogens is 1. The Hall–Kier alpha value is -3.92. The van der Waals surface area contributed by atoms with Crippen molar-refractivity contribution in [2.75, 3.05) is 19.0 Å². The predicted octanol–water partition coefficient (Wildman–Crippen LogP) is 3.12. The van der Waals surface area contributed by atoms with E-state index in [-0.39, 0.29) is 23.3 Å². The summed E-state index contributed by atoms with van der Waals surface area (Å²) in [4.78, 5) is 30.4. The van der Waals surface area contributed by atoms with E-state index in [1.165, 1.54) is 17.9 Å². The van der Waals surface area contributed by atoms with Crippen molar-refractivity contribution in [3.05, 3.63) is 58.5 Å². The van der Waals surface area contributed by atoms with Crippen molar-refractivity contribution in [1.29, 1.82) is 0 Å². The van der Waals surface area contributed by atoms with Gasteiger partial charge in [0, 0.05) is 24.2 Å². The van der Waals surface area contributed by atoms with Crippen molar-refractivity contribution in [1.82, 2.24) is 30.3 Å². The second kappa shape index (κ2) is 8.67. The predicted molar refractivity (Wildman–Crippen MR) is 120 cm³/mol. The van der Waals surface area contributed by atoms with Gasteiger partial charge in [0.1, 0.15) is 5.69 Å². The topological polar surface area (TPSA) is 127 Å². The molecule has 0 fully saturated rings. The van der Waals surface area contributed by atoms with Gasteiger partial charge < -0.3 is 15.4 Å². The third kappa shape index (κ3) is 3.76. The second-order valence-corrected chi connectivity index (χ2v) is 7.29. The molecule has 164 valence electrons. The number of methoxy groups -OCH3 is 1. The molecule has 10 nitrogen and oxygen atoms in total. The molecule has 4 aromatic rings. The number of aryl methyl sites for hydroxylation is 1. The monoisotopic (exact) mass is 453 g/mol. The van der Waals surface area contributed by atoms with E-state index < -0.39 is 5.91 Å². The van der Waals surface area contributed by atoms with Gasteiger partial charge in [0.2, 0.25) is 5.88 Å². The molecule has 4 rings (SSSR count). The molecule has 3 N–H and O–H groups in total. The van der Waals surface area contributed by atoms with Gasteiger partial charge in [0.15, 0.2) is 5.82 Å². The number of aromatic amines is 1.